The van der Waals surface area contributed by atoms with E-state index in [-0.39, 0.29) is 5.97 Å². The fourth-order valence-corrected chi connectivity index (χ4v) is 1.60. The molecular weight excluding hydrogens is 210 g/mol. The summed E-state index contributed by atoms with van der Waals surface area (Å²) in [6.07, 6.45) is 2.84. The second kappa shape index (κ2) is 6.35. The third kappa shape index (κ3) is 3.72. The molecule has 0 radical (unpaired) electrons. The normalized spacial score (nSPS) is 20.3. The van der Waals surface area contributed by atoms with E-state index in [0.717, 1.165) is 25.9 Å². The van der Waals surface area contributed by atoms with Crippen molar-refractivity contribution in [2.75, 3.05) is 20.2 Å². The summed E-state index contributed by atoms with van der Waals surface area (Å²) in [6.45, 7) is 5.21. The van der Waals surface area contributed by atoms with E-state index in [1.165, 1.54) is 6.92 Å². The van der Waals surface area contributed by atoms with E-state index in [1.54, 1.807) is 7.11 Å². The highest BCUT2D eigenvalue weighted by Crippen LogP contribution is 2.10. The zero-order valence-corrected chi connectivity index (χ0v) is 10.2. The second-order valence-corrected chi connectivity index (χ2v) is 3.76. The minimum Gasteiger partial charge on any atom is -0.425 e. The van der Waals surface area contributed by atoms with Crippen LogP contribution in [0, 0.1) is 0 Å². The summed E-state index contributed by atoms with van der Waals surface area (Å²) in [6, 6.07) is 0. The molecule has 0 spiro atoms. The predicted octanol–water partition coefficient (Wildman–Crippen LogP) is 1.11. The van der Waals surface area contributed by atoms with Gasteiger partial charge in [0.05, 0.1) is 13.5 Å². The summed E-state index contributed by atoms with van der Waals surface area (Å²) in [5.41, 5.74) is 0. The molecule has 0 saturated heterocycles. The highest BCUT2D eigenvalue weighted by atomic mass is 16.8. The number of esters is 1. The van der Waals surface area contributed by atoms with E-state index in [4.69, 9.17) is 14.2 Å². The van der Waals surface area contributed by atoms with Gasteiger partial charge in [0.1, 0.15) is 6.54 Å². The molecule has 1 aliphatic rings. The number of ether oxygens (including phenoxy) is 3. The van der Waals surface area contributed by atoms with Gasteiger partial charge in [-0.1, -0.05) is 13.3 Å². The van der Waals surface area contributed by atoms with Gasteiger partial charge in [0.2, 0.25) is 0 Å². The Morgan fingerprint density at radius 1 is 1.62 bits per heavy atom. The highest BCUT2D eigenvalue weighted by molar-refractivity contribution is 5.66. The molecule has 0 aliphatic carbocycles. The van der Waals surface area contributed by atoms with Gasteiger partial charge in [0.25, 0.3) is 6.29 Å². The first-order valence-corrected chi connectivity index (χ1v) is 5.67. The van der Waals surface area contributed by atoms with Crippen LogP contribution in [0.2, 0.25) is 0 Å². The van der Waals surface area contributed by atoms with Crippen LogP contribution in [0.5, 0.6) is 0 Å². The zero-order valence-electron chi connectivity index (χ0n) is 10.2. The molecule has 0 saturated carbocycles. The van der Waals surface area contributed by atoms with Crippen molar-refractivity contribution in [1.82, 2.24) is 0 Å². The van der Waals surface area contributed by atoms with Crippen molar-refractivity contribution < 1.29 is 23.6 Å². The minimum absolute atomic E-state index is 0.331. The van der Waals surface area contributed by atoms with Crippen molar-refractivity contribution in [3.63, 3.8) is 0 Å². The van der Waals surface area contributed by atoms with Crippen LogP contribution in [-0.2, 0) is 19.0 Å². The number of carbonyl (C=O) groups is 1. The van der Waals surface area contributed by atoms with Crippen LogP contribution in [0.3, 0.4) is 0 Å². The van der Waals surface area contributed by atoms with Crippen molar-refractivity contribution in [2.45, 2.75) is 39.4 Å². The second-order valence-electron chi connectivity index (χ2n) is 3.76. The molecule has 0 aromatic carbocycles. The van der Waals surface area contributed by atoms with Crippen LogP contribution in [-0.4, -0.2) is 43.1 Å². The van der Waals surface area contributed by atoms with Gasteiger partial charge in [-0.05, 0) is 0 Å². The molecule has 1 aliphatic heterocycles. The molecule has 16 heavy (non-hydrogen) atoms. The van der Waals surface area contributed by atoms with Crippen molar-refractivity contribution in [3.05, 3.63) is 0 Å². The van der Waals surface area contributed by atoms with Crippen LogP contribution < -0.4 is 0 Å². The topological polar surface area (TPSA) is 47.8 Å². The molecule has 92 valence electrons. The van der Waals surface area contributed by atoms with Crippen LogP contribution in [0.25, 0.3) is 0 Å². The molecule has 0 aromatic heterocycles. The van der Waals surface area contributed by atoms with Gasteiger partial charge in [-0.2, -0.15) is 4.58 Å². The predicted molar refractivity (Wildman–Crippen MR) is 58.2 cm³/mol. The van der Waals surface area contributed by atoms with Crippen molar-refractivity contribution in [1.29, 1.82) is 0 Å². The zero-order chi connectivity index (χ0) is 12.0. The molecule has 1 rings (SSSR count). The molecule has 1 unspecified atom stereocenters. The maximum atomic E-state index is 10.8. The Morgan fingerprint density at radius 3 is 2.94 bits per heavy atom. The number of carbonyl (C=O) groups excluding carboxylic acids is 1. The van der Waals surface area contributed by atoms with E-state index < -0.39 is 6.29 Å². The van der Waals surface area contributed by atoms with Gasteiger partial charge >= 0.3 is 12.1 Å². The SMILES string of the molecule is CCCC[N+]1=C(OC)OC(OC(C)=O)CC1. The quantitative estimate of drug-likeness (QED) is 0.536. The highest BCUT2D eigenvalue weighted by Gasteiger charge is 2.31. The maximum absolute atomic E-state index is 10.8. The molecule has 0 fully saturated rings. The van der Waals surface area contributed by atoms with E-state index in [9.17, 15) is 4.79 Å². The van der Waals surface area contributed by atoms with Gasteiger partial charge in [-0.25, -0.2) is 0 Å². The lowest BCUT2D eigenvalue weighted by molar-refractivity contribution is -0.561. The first-order chi connectivity index (χ1) is 7.67. The molecule has 0 bridgehead atoms. The smallest absolute Gasteiger partial charge is 0.425 e. The third-order valence-corrected chi connectivity index (χ3v) is 2.38. The third-order valence-electron chi connectivity index (χ3n) is 2.38. The summed E-state index contributed by atoms with van der Waals surface area (Å²) in [4.78, 5) is 10.8. The van der Waals surface area contributed by atoms with E-state index >= 15 is 0 Å². The number of unbranched alkanes of at least 4 members (excludes halogenated alkanes) is 1. The van der Waals surface area contributed by atoms with Crippen molar-refractivity contribution >= 4 is 12.1 Å². The Hall–Kier alpha value is -1.26. The fraction of sp³-hybridized carbons (Fsp3) is 0.818. The lowest BCUT2D eigenvalue weighted by Gasteiger charge is -2.21. The lowest BCUT2D eigenvalue weighted by Crippen LogP contribution is -2.39. The molecule has 5 nitrogen and oxygen atoms in total. The number of nitrogens with zero attached hydrogens (tertiary/aromatic N) is 1. The maximum Gasteiger partial charge on any atom is 0.552 e. The fourth-order valence-electron chi connectivity index (χ4n) is 1.60. The number of hydrogen-bond acceptors (Lipinski definition) is 4. The van der Waals surface area contributed by atoms with Crippen LogP contribution in [0.4, 0.5) is 0 Å². The Bertz CT molecular complexity index is 275. The first-order valence-electron chi connectivity index (χ1n) is 5.67. The monoisotopic (exact) mass is 230 g/mol. The van der Waals surface area contributed by atoms with Gasteiger partial charge in [0, 0.05) is 13.3 Å². The average Bonchev–Trinajstić information content (AvgIpc) is 2.26. The van der Waals surface area contributed by atoms with E-state index in [1.807, 2.05) is 4.58 Å². The standard InChI is InChI=1S/C11H20NO4/c1-4-5-7-12-8-6-10(15-9(2)13)16-11(12)14-3/h10H,4-8H2,1-3H3/q+1. The largest absolute Gasteiger partial charge is 0.552 e. The lowest BCUT2D eigenvalue weighted by atomic mass is 10.3. The Balaban J connectivity index is 2.56. The molecule has 5 heteroatoms. The molecule has 1 heterocycles. The first kappa shape index (κ1) is 12.8. The molecule has 1 atom stereocenters. The van der Waals surface area contributed by atoms with Crippen LogP contribution in [0.15, 0.2) is 0 Å². The molecule has 0 amide bonds. The summed E-state index contributed by atoms with van der Waals surface area (Å²) in [5, 5.41) is 0. The van der Waals surface area contributed by atoms with Crippen molar-refractivity contribution in [2.24, 2.45) is 0 Å². The number of rotatable bonds is 4. The van der Waals surface area contributed by atoms with E-state index in [0.29, 0.717) is 12.5 Å². The van der Waals surface area contributed by atoms with Gasteiger partial charge in [-0.3, -0.25) is 4.79 Å². The van der Waals surface area contributed by atoms with Crippen LogP contribution in [0.1, 0.15) is 33.1 Å². The summed E-state index contributed by atoms with van der Waals surface area (Å²) in [5.74, 6) is -0.331. The molecule has 0 aromatic rings. The Labute approximate surface area is 96.0 Å². The minimum atomic E-state index is -0.509. The summed E-state index contributed by atoms with van der Waals surface area (Å²) >= 11 is 0. The average molecular weight is 230 g/mol. The van der Waals surface area contributed by atoms with E-state index in [2.05, 4.69) is 6.92 Å². The van der Waals surface area contributed by atoms with Gasteiger partial charge in [0.15, 0.2) is 6.54 Å². The molecular formula is C11H20NO4+. The Kier molecular flexibility index (Phi) is 5.08. The Morgan fingerprint density at radius 2 is 2.38 bits per heavy atom. The van der Waals surface area contributed by atoms with Gasteiger partial charge in [-0.15, -0.1) is 0 Å². The van der Waals surface area contributed by atoms with Crippen molar-refractivity contribution in [3.8, 4) is 0 Å². The number of methoxy groups -OCH3 is 1. The number of hydrogen-bond donors (Lipinski definition) is 0. The molecule has 0 N–H and O–H groups in total. The van der Waals surface area contributed by atoms with Crippen LogP contribution >= 0.6 is 0 Å². The van der Waals surface area contributed by atoms with Gasteiger partial charge < -0.3 is 14.2 Å². The summed E-state index contributed by atoms with van der Waals surface area (Å²) in [7, 11) is 1.56. The summed E-state index contributed by atoms with van der Waals surface area (Å²) < 4.78 is 17.6.